The maximum atomic E-state index is 12.1. The molecule has 3 rings (SSSR count). The van der Waals surface area contributed by atoms with Crippen molar-refractivity contribution in [3.05, 3.63) is 16.1 Å². The number of aryl methyl sites for hydroxylation is 1. The van der Waals surface area contributed by atoms with E-state index >= 15 is 0 Å². The molecule has 1 saturated carbocycles. The average molecular weight is 491 g/mol. The monoisotopic (exact) mass is 491 g/mol. The SMILES string of the molecule is CCNC(=NCCNC(=O)c1scnc1C)N1CC2CCCCC2C1.I. The van der Waals surface area contributed by atoms with Crippen molar-refractivity contribution in [1.82, 2.24) is 20.5 Å². The lowest BCUT2D eigenvalue weighted by molar-refractivity contribution is 0.0958. The third-order valence-electron chi connectivity index (χ3n) is 5.22. The van der Waals surface area contributed by atoms with Crippen molar-refractivity contribution < 1.29 is 4.79 Å². The molecule has 1 aliphatic heterocycles. The highest BCUT2D eigenvalue weighted by Gasteiger charge is 2.35. The summed E-state index contributed by atoms with van der Waals surface area (Å²) in [5, 5.41) is 6.36. The quantitative estimate of drug-likeness (QED) is 0.288. The largest absolute Gasteiger partial charge is 0.357 e. The van der Waals surface area contributed by atoms with Crippen molar-refractivity contribution in [3.63, 3.8) is 0 Å². The first kappa shape index (κ1) is 21.4. The van der Waals surface area contributed by atoms with Crippen LogP contribution >= 0.6 is 35.3 Å². The first-order valence-electron chi connectivity index (χ1n) is 9.40. The number of thiazole rings is 1. The average Bonchev–Trinajstić information content (AvgIpc) is 3.23. The van der Waals surface area contributed by atoms with E-state index in [4.69, 9.17) is 4.99 Å². The summed E-state index contributed by atoms with van der Waals surface area (Å²) in [6.07, 6.45) is 5.49. The van der Waals surface area contributed by atoms with Gasteiger partial charge in [-0.1, -0.05) is 12.8 Å². The highest BCUT2D eigenvalue weighted by Crippen LogP contribution is 2.35. The van der Waals surface area contributed by atoms with Gasteiger partial charge in [0.25, 0.3) is 5.91 Å². The van der Waals surface area contributed by atoms with E-state index in [1.165, 1.54) is 37.0 Å². The molecule has 26 heavy (non-hydrogen) atoms. The first-order valence-corrected chi connectivity index (χ1v) is 10.3. The second kappa shape index (κ2) is 10.4. The van der Waals surface area contributed by atoms with Crippen molar-refractivity contribution in [3.8, 4) is 0 Å². The lowest BCUT2D eigenvalue weighted by Crippen LogP contribution is -2.41. The zero-order chi connectivity index (χ0) is 17.6. The van der Waals surface area contributed by atoms with Crippen molar-refractivity contribution in [1.29, 1.82) is 0 Å². The molecule has 0 bridgehead atoms. The predicted molar refractivity (Wildman–Crippen MR) is 118 cm³/mol. The molecule has 1 aromatic heterocycles. The standard InChI is InChI=1S/C18H29N5OS.HI/c1-3-19-18(23-10-14-6-4-5-7-15(14)11-23)21-9-8-20-17(24)16-13(2)22-12-25-16;/h12,14-15H,3-11H2,1-2H3,(H,19,21)(H,20,24);1H. The van der Waals surface area contributed by atoms with E-state index in [0.29, 0.717) is 18.0 Å². The Labute approximate surface area is 177 Å². The van der Waals surface area contributed by atoms with Crippen LogP contribution in [0.1, 0.15) is 48.0 Å². The Kier molecular flexibility index (Phi) is 8.59. The van der Waals surface area contributed by atoms with Crippen molar-refractivity contribution in [2.24, 2.45) is 16.8 Å². The zero-order valence-electron chi connectivity index (χ0n) is 15.7. The molecule has 8 heteroatoms. The first-order chi connectivity index (χ1) is 12.2. The minimum atomic E-state index is -0.0487. The van der Waals surface area contributed by atoms with E-state index in [2.05, 4.69) is 27.4 Å². The zero-order valence-corrected chi connectivity index (χ0v) is 18.8. The predicted octanol–water partition coefficient (Wildman–Crippen LogP) is 2.89. The van der Waals surface area contributed by atoms with Crippen molar-refractivity contribution in [2.45, 2.75) is 39.5 Å². The Hall–Kier alpha value is -0.900. The molecule has 2 aliphatic rings. The Morgan fingerprint density at radius 2 is 2.00 bits per heavy atom. The molecule has 1 saturated heterocycles. The fourth-order valence-corrected chi connectivity index (χ4v) is 4.65. The number of hydrogen-bond acceptors (Lipinski definition) is 4. The van der Waals surface area contributed by atoms with Crippen molar-refractivity contribution in [2.75, 3.05) is 32.7 Å². The van der Waals surface area contributed by atoms with Gasteiger partial charge >= 0.3 is 0 Å². The van der Waals surface area contributed by atoms with Crippen LogP contribution in [0.5, 0.6) is 0 Å². The lowest BCUT2D eigenvalue weighted by atomic mass is 9.82. The number of carbonyl (C=O) groups excluding carboxylic acids is 1. The van der Waals surface area contributed by atoms with Gasteiger partial charge in [-0.15, -0.1) is 35.3 Å². The Bertz CT molecular complexity index is 606. The van der Waals surface area contributed by atoms with Gasteiger partial charge in [0.15, 0.2) is 5.96 Å². The fourth-order valence-electron chi connectivity index (χ4n) is 3.94. The van der Waals surface area contributed by atoms with Gasteiger partial charge in [-0.2, -0.15) is 0 Å². The molecule has 146 valence electrons. The van der Waals surface area contributed by atoms with E-state index in [9.17, 15) is 4.79 Å². The van der Waals surface area contributed by atoms with E-state index in [1.807, 2.05) is 6.92 Å². The topological polar surface area (TPSA) is 69.6 Å². The maximum absolute atomic E-state index is 12.1. The number of fused-ring (bicyclic) bond motifs is 1. The normalized spacial score (nSPS) is 22.5. The van der Waals surface area contributed by atoms with Crippen LogP contribution in [0, 0.1) is 18.8 Å². The summed E-state index contributed by atoms with van der Waals surface area (Å²) in [6, 6.07) is 0. The molecule has 0 spiro atoms. The number of likely N-dealkylation sites (tertiary alicyclic amines) is 1. The van der Waals surface area contributed by atoms with Gasteiger partial charge in [-0.05, 0) is 38.5 Å². The summed E-state index contributed by atoms with van der Waals surface area (Å²) in [7, 11) is 0. The molecule has 2 heterocycles. The third kappa shape index (κ3) is 5.31. The molecule has 0 aromatic carbocycles. The van der Waals surface area contributed by atoms with Crippen LogP contribution in [0.2, 0.25) is 0 Å². The van der Waals surface area contributed by atoms with Crippen molar-refractivity contribution >= 4 is 47.2 Å². The highest BCUT2D eigenvalue weighted by atomic mass is 127. The van der Waals surface area contributed by atoms with Gasteiger partial charge in [0.2, 0.25) is 0 Å². The van der Waals surface area contributed by atoms with Gasteiger partial charge in [0.1, 0.15) is 4.88 Å². The summed E-state index contributed by atoms with van der Waals surface area (Å²) in [5.74, 6) is 2.63. The van der Waals surface area contributed by atoms with E-state index in [0.717, 1.165) is 43.1 Å². The van der Waals surface area contributed by atoms with Gasteiger partial charge in [-0.25, -0.2) is 4.98 Å². The van der Waals surface area contributed by atoms with Gasteiger partial charge < -0.3 is 15.5 Å². The number of rotatable bonds is 5. The summed E-state index contributed by atoms with van der Waals surface area (Å²) >= 11 is 1.38. The minimum absolute atomic E-state index is 0. The smallest absolute Gasteiger partial charge is 0.263 e. The Morgan fingerprint density at radius 1 is 1.31 bits per heavy atom. The van der Waals surface area contributed by atoms with Crippen LogP contribution in [0.15, 0.2) is 10.5 Å². The third-order valence-corrected chi connectivity index (χ3v) is 6.15. The number of halogens is 1. The Morgan fingerprint density at radius 3 is 2.58 bits per heavy atom. The van der Waals surface area contributed by atoms with Crippen LogP contribution in [-0.4, -0.2) is 54.5 Å². The molecule has 2 fully saturated rings. The number of nitrogens with one attached hydrogen (secondary N) is 2. The van der Waals surface area contributed by atoms with Gasteiger partial charge in [0, 0.05) is 26.2 Å². The second-order valence-electron chi connectivity index (χ2n) is 6.97. The van der Waals surface area contributed by atoms with Gasteiger partial charge in [-0.3, -0.25) is 9.79 Å². The minimum Gasteiger partial charge on any atom is -0.357 e. The summed E-state index contributed by atoms with van der Waals surface area (Å²) in [5.41, 5.74) is 2.50. The number of aromatic nitrogens is 1. The lowest BCUT2D eigenvalue weighted by Gasteiger charge is -2.22. The van der Waals surface area contributed by atoms with Gasteiger partial charge in [0.05, 0.1) is 17.7 Å². The highest BCUT2D eigenvalue weighted by molar-refractivity contribution is 14.0. The Balaban J connectivity index is 0.00000243. The van der Waals surface area contributed by atoms with E-state index < -0.39 is 0 Å². The number of amides is 1. The molecular formula is C18H30IN5OS. The summed E-state index contributed by atoms with van der Waals surface area (Å²) in [6.45, 7) is 8.24. The molecule has 1 amide bonds. The number of aliphatic imine (C=N–C) groups is 1. The number of hydrogen-bond donors (Lipinski definition) is 2. The van der Waals surface area contributed by atoms with Crippen LogP contribution in [0.3, 0.4) is 0 Å². The summed E-state index contributed by atoms with van der Waals surface area (Å²) in [4.78, 5) is 24.1. The van der Waals surface area contributed by atoms with E-state index in [1.54, 1.807) is 5.51 Å². The molecule has 1 aliphatic carbocycles. The molecule has 2 atom stereocenters. The number of nitrogens with zero attached hydrogens (tertiary/aromatic N) is 3. The number of guanidine groups is 1. The molecule has 2 unspecified atom stereocenters. The summed E-state index contributed by atoms with van der Waals surface area (Å²) < 4.78 is 0. The van der Waals surface area contributed by atoms with Crippen LogP contribution in [0.4, 0.5) is 0 Å². The van der Waals surface area contributed by atoms with Crippen LogP contribution in [0.25, 0.3) is 0 Å². The fraction of sp³-hybridized carbons (Fsp3) is 0.722. The maximum Gasteiger partial charge on any atom is 0.263 e. The second-order valence-corrected chi connectivity index (χ2v) is 7.82. The molecular weight excluding hydrogens is 461 g/mol. The molecule has 6 nitrogen and oxygen atoms in total. The van der Waals surface area contributed by atoms with Crippen LogP contribution in [-0.2, 0) is 0 Å². The van der Waals surface area contributed by atoms with E-state index in [-0.39, 0.29) is 29.9 Å². The number of carbonyl (C=O) groups is 1. The molecule has 2 N–H and O–H groups in total. The molecule has 0 radical (unpaired) electrons. The van der Waals surface area contributed by atoms with Crippen LogP contribution < -0.4 is 10.6 Å². The molecule has 1 aromatic rings.